The van der Waals surface area contributed by atoms with E-state index in [2.05, 4.69) is 10.1 Å². The highest BCUT2D eigenvalue weighted by Gasteiger charge is 2.52. The van der Waals surface area contributed by atoms with Crippen molar-refractivity contribution in [3.63, 3.8) is 0 Å². The van der Waals surface area contributed by atoms with E-state index in [1.807, 2.05) is 58.2 Å². The van der Waals surface area contributed by atoms with Gasteiger partial charge in [0.1, 0.15) is 5.82 Å². The van der Waals surface area contributed by atoms with Crippen molar-refractivity contribution in [2.75, 3.05) is 0 Å². The Morgan fingerprint density at radius 2 is 1.62 bits per heavy atom. The lowest BCUT2D eigenvalue weighted by Crippen LogP contribution is -2.41. The maximum absolute atomic E-state index is 14.7. The zero-order chi connectivity index (χ0) is 18.9. The highest BCUT2D eigenvalue weighted by Crippen LogP contribution is 2.36. The van der Waals surface area contributed by atoms with E-state index in [1.165, 1.54) is 6.07 Å². The van der Waals surface area contributed by atoms with Gasteiger partial charge in [-0.3, -0.25) is 4.57 Å². The standard InChI is InChI=1S/C18H22BFN4O2/c1-11-7-8-12(2)24(11)16-21-15-9-14(20)13(10-23(15)22-16)19-25-17(3,4)18(5,6)26-19/h7-10H,1-6H3. The molecule has 0 aliphatic carbocycles. The number of pyridine rings is 1. The molecule has 3 aromatic rings. The van der Waals surface area contributed by atoms with Crippen LogP contribution in [-0.2, 0) is 9.31 Å². The van der Waals surface area contributed by atoms with Gasteiger partial charge in [0.05, 0.1) is 11.2 Å². The second kappa shape index (κ2) is 5.41. The topological polar surface area (TPSA) is 53.6 Å². The Kier molecular flexibility index (Phi) is 3.58. The number of aromatic nitrogens is 4. The maximum atomic E-state index is 14.7. The fourth-order valence-corrected chi connectivity index (χ4v) is 3.13. The number of nitrogens with zero attached hydrogens (tertiary/aromatic N) is 4. The lowest BCUT2D eigenvalue weighted by Gasteiger charge is -2.32. The second-order valence-corrected chi connectivity index (χ2v) is 7.83. The first-order valence-electron chi connectivity index (χ1n) is 8.66. The van der Waals surface area contributed by atoms with Crippen LogP contribution in [0.15, 0.2) is 24.4 Å². The third kappa shape index (κ3) is 2.47. The predicted octanol–water partition coefficient (Wildman–Crippen LogP) is 2.58. The summed E-state index contributed by atoms with van der Waals surface area (Å²) in [6, 6.07) is 5.36. The molecule has 8 heteroatoms. The first-order chi connectivity index (χ1) is 12.1. The quantitative estimate of drug-likeness (QED) is 0.663. The van der Waals surface area contributed by atoms with Crippen LogP contribution in [0.4, 0.5) is 4.39 Å². The fourth-order valence-electron chi connectivity index (χ4n) is 3.13. The minimum Gasteiger partial charge on any atom is -0.399 e. The summed E-state index contributed by atoms with van der Waals surface area (Å²) in [6.45, 7) is 11.7. The molecule has 0 amide bonds. The van der Waals surface area contributed by atoms with Gasteiger partial charge in [-0.15, -0.1) is 5.10 Å². The Balaban J connectivity index is 1.78. The first kappa shape index (κ1) is 17.2. The van der Waals surface area contributed by atoms with Crippen molar-refractivity contribution in [3.8, 4) is 5.95 Å². The predicted molar refractivity (Wildman–Crippen MR) is 97.5 cm³/mol. The van der Waals surface area contributed by atoms with Crippen molar-refractivity contribution in [1.82, 2.24) is 19.2 Å². The number of rotatable bonds is 2. The minimum atomic E-state index is -0.785. The van der Waals surface area contributed by atoms with E-state index in [1.54, 1.807) is 10.7 Å². The van der Waals surface area contributed by atoms with Crippen LogP contribution < -0.4 is 5.46 Å². The second-order valence-electron chi connectivity index (χ2n) is 7.83. The van der Waals surface area contributed by atoms with Gasteiger partial charge in [0, 0.05) is 29.1 Å². The van der Waals surface area contributed by atoms with Crippen LogP contribution in [0.2, 0.25) is 0 Å². The zero-order valence-corrected chi connectivity index (χ0v) is 15.9. The van der Waals surface area contributed by atoms with Crippen molar-refractivity contribution in [3.05, 3.63) is 41.6 Å². The Hall–Kier alpha value is -2.19. The summed E-state index contributed by atoms with van der Waals surface area (Å²) in [5, 5.41) is 4.51. The van der Waals surface area contributed by atoms with Gasteiger partial charge in [0.2, 0.25) is 0 Å². The van der Waals surface area contributed by atoms with Gasteiger partial charge in [-0.2, -0.15) is 4.98 Å². The molecule has 1 saturated heterocycles. The number of hydrogen-bond donors (Lipinski definition) is 0. The van der Waals surface area contributed by atoms with Gasteiger partial charge in [-0.25, -0.2) is 8.91 Å². The smallest absolute Gasteiger partial charge is 0.399 e. The van der Waals surface area contributed by atoms with Crippen molar-refractivity contribution in [2.24, 2.45) is 0 Å². The summed E-state index contributed by atoms with van der Waals surface area (Å²) in [5.74, 6) is 0.0892. The van der Waals surface area contributed by atoms with Crippen molar-refractivity contribution in [2.45, 2.75) is 52.7 Å². The molecule has 0 spiro atoms. The van der Waals surface area contributed by atoms with Gasteiger partial charge in [-0.1, -0.05) is 0 Å². The molecule has 6 nitrogen and oxygen atoms in total. The molecule has 136 valence electrons. The van der Waals surface area contributed by atoms with E-state index >= 15 is 0 Å². The highest BCUT2D eigenvalue weighted by molar-refractivity contribution is 6.62. The molecule has 0 unspecified atom stereocenters. The van der Waals surface area contributed by atoms with Crippen LogP contribution in [-0.4, -0.2) is 37.5 Å². The van der Waals surface area contributed by atoms with Crippen LogP contribution in [0.25, 0.3) is 11.6 Å². The Labute approximate surface area is 152 Å². The van der Waals surface area contributed by atoms with Crippen molar-refractivity contribution in [1.29, 1.82) is 0 Å². The van der Waals surface area contributed by atoms with Gasteiger partial charge in [-0.05, 0) is 53.7 Å². The summed E-state index contributed by atoms with van der Waals surface area (Å²) in [6.07, 6.45) is 1.59. The van der Waals surface area contributed by atoms with Gasteiger partial charge in [0.15, 0.2) is 5.65 Å². The average molecular weight is 356 g/mol. The van der Waals surface area contributed by atoms with Crippen LogP contribution in [0.5, 0.6) is 0 Å². The van der Waals surface area contributed by atoms with Crippen molar-refractivity contribution >= 4 is 18.2 Å². The molecule has 0 saturated carbocycles. The van der Waals surface area contributed by atoms with Crippen LogP contribution in [0, 0.1) is 19.7 Å². The third-order valence-electron chi connectivity index (χ3n) is 5.42. The van der Waals surface area contributed by atoms with Gasteiger partial charge < -0.3 is 9.31 Å². The molecular weight excluding hydrogens is 334 g/mol. The van der Waals surface area contributed by atoms with Crippen LogP contribution >= 0.6 is 0 Å². The molecule has 1 aliphatic rings. The monoisotopic (exact) mass is 356 g/mol. The molecule has 1 fully saturated rings. The summed E-state index contributed by atoms with van der Waals surface area (Å²) >= 11 is 0. The SMILES string of the molecule is Cc1ccc(C)n1-c1nc2cc(F)c(B3OC(C)(C)C(C)(C)O3)cn2n1. The minimum absolute atomic E-state index is 0.313. The molecule has 26 heavy (non-hydrogen) atoms. The molecule has 4 rings (SSSR count). The number of aryl methyl sites for hydroxylation is 2. The van der Waals surface area contributed by atoms with E-state index in [0.717, 1.165) is 11.4 Å². The van der Waals surface area contributed by atoms with E-state index in [9.17, 15) is 4.39 Å². The molecular formula is C18H22BFN4O2. The van der Waals surface area contributed by atoms with Crippen molar-refractivity contribution < 1.29 is 13.7 Å². The highest BCUT2D eigenvalue weighted by atomic mass is 19.1. The van der Waals surface area contributed by atoms with Gasteiger partial charge in [0.25, 0.3) is 5.95 Å². The molecule has 0 bridgehead atoms. The van der Waals surface area contributed by atoms with E-state index in [4.69, 9.17) is 9.31 Å². The van der Waals surface area contributed by atoms with Crippen LogP contribution in [0.3, 0.4) is 0 Å². The average Bonchev–Trinajstić information content (AvgIpc) is 3.13. The zero-order valence-electron chi connectivity index (χ0n) is 15.9. The molecule has 1 aliphatic heterocycles. The summed E-state index contributed by atoms with van der Waals surface area (Å²) in [5.41, 5.74) is 1.71. The molecule has 0 N–H and O–H groups in total. The Bertz CT molecular complexity index is 973. The lowest BCUT2D eigenvalue weighted by atomic mass is 9.80. The van der Waals surface area contributed by atoms with E-state index < -0.39 is 24.1 Å². The molecule has 0 atom stereocenters. The van der Waals surface area contributed by atoms with E-state index in [-0.39, 0.29) is 0 Å². The van der Waals surface area contributed by atoms with Gasteiger partial charge >= 0.3 is 7.12 Å². The third-order valence-corrected chi connectivity index (χ3v) is 5.42. The maximum Gasteiger partial charge on any atom is 0.499 e. The fraction of sp³-hybridized carbons (Fsp3) is 0.444. The summed E-state index contributed by atoms with van der Waals surface area (Å²) in [7, 11) is -0.785. The summed E-state index contributed by atoms with van der Waals surface area (Å²) in [4.78, 5) is 4.46. The number of fused-ring (bicyclic) bond motifs is 1. The molecule has 3 aromatic heterocycles. The Morgan fingerprint density at radius 1 is 1.04 bits per heavy atom. The summed E-state index contributed by atoms with van der Waals surface area (Å²) < 4.78 is 30.2. The number of hydrogen-bond acceptors (Lipinski definition) is 4. The largest absolute Gasteiger partial charge is 0.499 e. The molecule has 4 heterocycles. The molecule has 0 radical (unpaired) electrons. The van der Waals surface area contributed by atoms with E-state index in [0.29, 0.717) is 17.1 Å². The van der Waals surface area contributed by atoms with Crippen LogP contribution in [0.1, 0.15) is 39.1 Å². The first-order valence-corrected chi connectivity index (χ1v) is 8.66. The normalized spacial score (nSPS) is 18.8. The lowest BCUT2D eigenvalue weighted by molar-refractivity contribution is 0.00578. The molecule has 0 aromatic carbocycles. The Morgan fingerprint density at radius 3 is 2.19 bits per heavy atom. The number of halogens is 1.